The summed E-state index contributed by atoms with van der Waals surface area (Å²) in [6.45, 7) is 2.86. The number of amides is 1. The van der Waals surface area contributed by atoms with Crippen LogP contribution in [0.5, 0.6) is 11.5 Å². The van der Waals surface area contributed by atoms with E-state index in [1.165, 1.54) is 19.3 Å². The van der Waals surface area contributed by atoms with Crippen LogP contribution in [-0.2, 0) is 4.79 Å². The molecular formula is C21H26N2O3. The third-order valence-electron chi connectivity index (χ3n) is 3.66. The van der Waals surface area contributed by atoms with E-state index in [0.717, 1.165) is 24.3 Å². The van der Waals surface area contributed by atoms with E-state index in [1.807, 2.05) is 42.5 Å². The molecular weight excluding hydrogens is 328 g/mol. The minimum atomic E-state index is -0.308. The van der Waals surface area contributed by atoms with Crippen LogP contribution in [0.25, 0.3) is 0 Å². The lowest BCUT2D eigenvalue weighted by Crippen LogP contribution is -2.24. The molecule has 1 amide bonds. The molecule has 0 aliphatic rings. The van der Waals surface area contributed by atoms with Gasteiger partial charge in [-0.2, -0.15) is 5.10 Å². The Balaban J connectivity index is 1.66. The Morgan fingerprint density at radius 2 is 1.69 bits per heavy atom. The smallest absolute Gasteiger partial charge is 0.277 e. The SMILES string of the molecule is CCCCCCOc1ccc(/C=N/NC(=O)COc2ccccc2)cc1. The van der Waals surface area contributed by atoms with Crippen molar-refractivity contribution in [3.8, 4) is 11.5 Å². The molecule has 2 aromatic rings. The highest BCUT2D eigenvalue weighted by Gasteiger charge is 2.00. The van der Waals surface area contributed by atoms with Crippen LogP contribution in [0.1, 0.15) is 38.2 Å². The maximum atomic E-state index is 11.7. The Labute approximate surface area is 155 Å². The van der Waals surface area contributed by atoms with E-state index in [4.69, 9.17) is 9.47 Å². The summed E-state index contributed by atoms with van der Waals surface area (Å²) in [5, 5.41) is 3.93. The Hall–Kier alpha value is -2.82. The maximum Gasteiger partial charge on any atom is 0.277 e. The van der Waals surface area contributed by atoms with Crippen molar-refractivity contribution in [2.75, 3.05) is 13.2 Å². The van der Waals surface area contributed by atoms with Crippen molar-refractivity contribution in [2.24, 2.45) is 5.10 Å². The van der Waals surface area contributed by atoms with Crippen LogP contribution in [0.15, 0.2) is 59.7 Å². The fourth-order valence-corrected chi connectivity index (χ4v) is 2.25. The van der Waals surface area contributed by atoms with Crippen LogP contribution >= 0.6 is 0 Å². The van der Waals surface area contributed by atoms with Crippen molar-refractivity contribution in [1.82, 2.24) is 5.43 Å². The normalized spacial score (nSPS) is 10.7. The van der Waals surface area contributed by atoms with E-state index in [2.05, 4.69) is 17.5 Å². The second-order valence-corrected chi connectivity index (χ2v) is 5.87. The number of nitrogens with zero attached hydrogens (tertiary/aromatic N) is 1. The first-order valence-corrected chi connectivity index (χ1v) is 9.00. The molecule has 2 rings (SSSR count). The molecule has 5 nitrogen and oxygen atoms in total. The van der Waals surface area contributed by atoms with Gasteiger partial charge in [0, 0.05) is 0 Å². The number of benzene rings is 2. The number of rotatable bonds is 11. The van der Waals surface area contributed by atoms with E-state index >= 15 is 0 Å². The average Bonchev–Trinajstić information content (AvgIpc) is 2.68. The highest BCUT2D eigenvalue weighted by molar-refractivity contribution is 5.83. The first-order valence-electron chi connectivity index (χ1n) is 9.00. The van der Waals surface area contributed by atoms with Gasteiger partial charge in [0.2, 0.25) is 0 Å². The quantitative estimate of drug-likeness (QED) is 0.374. The highest BCUT2D eigenvalue weighted by atomic mass is 16.5. The summed E-state index contributed by atoms with van der Waals surface area (Å²) < 4.78 is 11.0. The Bertz CT molecular complexity index is 669. The maximum absolute atomic E-state index is 11.7. The largest absolute Gasteiger partial charge is 0.494 e. The van der Waals surface area contributed by atoms with Crippen LogP contribution in [0, 0.1) is 0 Å². The highest BCUT2D eigenvalue weighted by Crippen LogP contribution is 2.12. The van der Waals surface area contributed by atoms with E-state index < -0.39 is 0 Å². The van der Waals surface area contributed by atoms with Gasteiger partial charge in [-0.3, -0.25) is 4.79 Å². The fraction of sp³-hybridized carbons (Fsp3) is 0.333. The number of nitrogens with one attached hydrogen (secondary N) is 1. The number of carbonyl (C=O) groups excluding carboxylic acids is 1. The number of hydrogen-bond donors (Lipinski definition) is 1. The topological polar surface area (TPSA) is 59.9 Å². The van der Waals surface area contributed by atoms with E-state index in [-0.39, 0.29) is 12.5 Å². The van der Waals surface area contributed by atoms with Gasteiger partial charge in [0.05, 0.1) is 12.8 Å². The molecule has 0 radical (unpaired) electrons. The zero-order chi connectivity index (χ0) is 18.5. The molecule has 0 aromatic heterocycles. The first kappa shape index (κ1) is 19.5. The van der Waals surface area contributed by atoms with E-state index in [1.54, 1.807) is 18.3 Å². The summed E-state index contributed by atoms with van der Waals surface area (Å²) in [6.07, 6.45) is 6.35. The molecule has 1 N–H and O–H groups in total. The van der Waals surface area contributed by atoms with Gasteiger partial charge in [-0.25, -0.2) is 5.43 Å². The van der Waals surface area contributed by atoms with Crippen molar-refractivity contribution in [1.29, 1.82) is 0 Å². The number of para-hydroxylation sites is 1. The molecule has 0 fully saturated rings. The zero-order valence-corrected chi connectivity index (χ0v) is 15.2. The molecule has 0 bridgehead atoms. The Morgan fingerprint density at radius 1 is 0.962 bits per heavy atom. The van der Waals surface area contributed by atoms with Crippen molar-refractivity contribution in [2.45, 2.75) is 32.6 Å². The monoisotopic (exact) mass is 354 g/mol. The summed E-state index contributed by atoms with van der Waals surface area (Å²) in [5.41, 5.74) is 3.33. The van der Waals surface area contributed by atoms with Gasteiger partial charge in [0.25, 0.3) is 5.91 Å². The molecule has 0 heterocycles. The predicted molar refractivity (Wildman–Crippen MR) is 104 cm³/mol. The second kappa shape index (κ2) is 11.7. The lowest BCUT2D eigenvalue weighted by molar-refractivity contribution is -0.123. The van der Waals surface area contributed by atoms with Crippen molar-refractivity contribution in [3.63, 3.8) is 0 Å². The molecule has 0 spiro atoms. The molecule has 26 heavy (non-hydrogen) atoms. The molecule has 0 saturated heterocycles. The molecule has 2 aromatic carbocycles. The number of hydrogen-bond acceptors (Lipinski definition) is 4. The van der Waals surface area contributed by atoms with Gasteiger partial charge in [-0.15, -0.1) is 0 Å². The Kier molecular flexibility index (Phi) is 8.77. The minimum Gasteiger partial charge on any atom is -0.494 e. The molecule has 0 aliphatic carbocycles. The van der Waals surface area contributed by atoms with Crippen LogP contribution in [0.4, 0.5) is 0 Å². The number of hydrazone groups is 1. The number of unbranched alkanes of at least 4 members (excludes halogenated alkanes) is 3. The zero-order valence-electron chi connectivity index (χ0n) is 15.2. The summed E-state index contributed by atoms with van der Waals surface area (Å²) in [5.74, 6) is 1.19. The third kappa shape index (κ3) is 7.83. The standard InChI is InChI=1S/C21H26N2O3/c1-2-3-4-8-15-25-20-13-11-18(12-14-20)16-22-23-21(24)17-26-19-9-6-5-7-10-19/h5-7,9-14,16H,2-4,8,15,17H2,1H3,(H,23,24)/b22-16+. The van der Waals surface area contributed by atoms with Crippen LogP contribution in [-0.4, -0.2) is 25.3 Å². The molecule has 0 unspecified atom stereocenters. The van der Waals surface area contributed by atoms with Crippen molar-refractivity contribution < 1.29 is 14.3 Å². The third-order valence-corrected chi connectivity index (χ3v) is 3.66. The Morgan fingerprint density at radius 3 is 2.42 bits per heavy atom. The number of ether oxygens (including phenoxy) is 2. The molecule has 0 saturated carbocycles. The number of carbonyl (C=O) groups is 1. The van der Waals surface area contributed by atoms with Gasteiger partial charge < -0.3 is 9.47 Å². The van der Waals surface area contributed by atoms with E-state index in [9.17, 15) is 4.79 Å². The summed E-state index contributed by atoms with van der Waals surface area (Å²) in [6, 6.07) is 16.8. The van der Waals surface area contributed by atoms with Crippen LogP contribution in [0.3, 0.4) is 0 Å². The summed E-state index contributed by atoms with van der Waals surface area (Å²) in [7, 11) is 0. The average molecular weight is 354 g/mol. The van der Waals surface area contributed by atoms with Gasteiger partial charge in [0.15, 0.2) is 6.61 Å². The van der Waals surface area contributed by atoms with Crippen LogP contribution < -0.4 is 14.9 Å². The van der Waals surface area contributed by atoms with Gasteiger partial charge >= 0.3 is 0 Å². The fourth-order valence-electron chi connectivity index (χ4n) is 2.25. The van der Waals surface area contributed by atoms with Gasteiger partial charge in [0.1, 0.15) is 11.5 Å². The molecule has 138 valence electrons. The predicted octanol–water partition coefficient (Wildman–Crippen LogP) is 4.17. The van der Waals surface area contributed by atoms with Gasteiger partial charge in [-0.1, -0.05) is 44.4 Å². The molecule has 5 heteroatoms. The van der Waals surface area contributed by atoms with Gasteiger partial charge in [-0.05, 0) is 48.4 Å². The molecule has 0 atom stereocenters. The van der Waals surface area contributed by atoms with Crippen molar-refractivity contribution >= 4 is 12.1 Å². The summed E-state index contributed by atoms with van der Waals surface area (Å²) >= 11 is 0. The van der Waals surface area contributed by atoms with Crippen LogP contribution in [0.2, 0.25) is 0 Å². The molecule has 0 aliphatic heterocycles. The van der Waals surface area contributed by atoms with Crippen molar-refractivity contribution in [3.05, 3.63) is 60.2 Å². The first-order chi connectivity index (χ1) is 12.8. The second-order valence-electron chi connectivity index (χ2n) is 5.87. The lowest BCUT2D eigenvalue weighted by Gasteiger charge is -2.06. The van der Waals surface area contributed by atoms with E-state index in [0.29, 0.717) is 5.75 Å². The summed E-state index contributed by atoms with van der Waals surface area (Å²) in [4.78, 5) is 11.7. The lowest BCUT2D eigenvalue weighted by atomic mass is 10.2. The minimum absolute atomic E-state index is 0.0772.